The maximum Gasteiger partial charge on any atom is 0.306 e. The minimum absolute atomic E-state index is 0.135. The lowest BCUT2D eigenvalue weighted by Gasteiger charge is -1.95. The fraction of sp³-hybridized carbons (Fsp3) is 0.800. The average molecular weight is 182 g/mol. The van der Waals surface area contributed by atoms with E-state index in [0.29, 0.717) is 18.4 Å². The summed E-state index contributed by atoms with van der Waals surface area (Å²) in [4.78, 5) is 10.4. The minimum Gasteiger partial charge on any atom is -0.466 e. The second-order valence-electron chi connectivity index (χ2n) is 1.24. The summed E-state index contributed by atoms with van der Waals surface area (Å²) in [5.41, 5.74) is 0. The molecule has 0 unspecified atom stereocenters. The Labute approximate surface area is 57.3 Å². The number of ether oxygens (including phenoxy) is 1. The molecule has 3 heteroatoms. The van der Waals surface area contributed by atoms with Gasteiger partial charge in [-0.3, -0.25) is 4.79 Å². The van der Waals surface area contributed by atoms with Crippen LogP contribution >= 0.6 is 15.9 Å². The fourth-order valence-corrected chi connectivity index (χ4v) is 0.634. The van der Waals surface area contributed by atoms with Crippen LogP contribution in [0.3, 0.4) is 0 Å². The van der Waals surface area contributed by atoms with Gasteiger partial charge in [0, 0.05) is 5.33 Å². The van der Waals surface area contributed by atoms with Crippen molar-refractivity contribution in [2.75, 3.05) is 11.9 Å². The van der Waals surface area contributed by atoms with Crippen LogP contribution in [0.25, 0.3) is 0 Å². The van der Waals surface area contributed by atoms with E-state index in [9.17, 15) is 4.79 Å². The van der Waals surface area contributed by atoms with Gasteiger partial charge in [0.15, 0.2) is 0 Å². The molecule has 0 radical (unpaired) electrons. The van der Waals surface area contributed by atoms with Crippen molar-refractivity contribution in [1.29, 1.82) is 0 Å². The molecular weight excluding hydrogens is 173 g/mol. The van der Waals surface area contributed by atoms with Crippen LogP contribution in [0.1, 0.15) is 13.3 Å². The zero-order chi connectivity index (χ0) is 6.41. The van der Waals surface area contributed by atoms with Crippen LogP contribution in [0.4, 0.5) is 0 Å². The summed E-state index contributed by atoms with van der Waals surface area (Å²) in [5, 5.41) is 0.686. The molecule has 0 N–H and O–H groups in total. The Morgan fingerprint density at radius 3 is 2.75 bits per heavy atom. The highest BCUT2D eigenvalue weighted by molar-refractivity contribution is 9.09. The highest BCUT2D eigenvalue weighted by atomic mass is 79.9. The number of carbonyl (C=O) groups is 1. The molecule has 0 atom stereocenters. The molecule has 0 aromatic rings. The van der Waals surface area contributed by atoms with E-state index in [1.807, 2.05) is 0 Å². The Bertz CT molecular complexity index is 64.8. The van der Waals surface area contributed by atoms with Crippen molar-refractivity contribution < 1.29 is 9.53 Å². The molecule has 0 saturated carbocycles. The van der Waals surface area contributed by atoms with Gasteiger partial charge in [0.2, 0.25) is 0 Å². The van der Waals surface area contributed by atoms with Gasteiger partial charge in [0.05, 0.1) is 13.0 Å². The first-order valence-corrected chi connectivity index (χ1v) is 3.65. The Kier molecular flexibility index (Phi) is 5.06. The fourth-order valence-electron chi connectivity index (χ4n) is 0.310. The molecule has 0 saturated heterocycles. The molecule has 0 aromatic heterocycles. The van der Waals surface area contributed by atoms with Crippen molar-refractivity contribution in [3.63, 3.8) is 0 Å². The quantitative estimate of drug-likeness (QED) is 0.374. The highest BCUT2D eigenvalue weighted by Crippen LogP contribution is 1.89. The number of carbonyl (C=O) groups excluding carboxylic acids is 1. The Hall–Kier alpha value is -0.0500. The monoisotopic (exact) mass is 181 g/mol. The Morgan fingerprint density at radius 2 is 2.38 bits per heavy atom. The largest absolute Gasteiger partial charge is 0.466 e. The van der Waals surface area contributed by atoms with Gasteiger partial charge in [-0.2, -0.15) is 0 Å². The normalized spacial score (nSPS) is 8.75. The lowest BCUT2D eigenvalue weighted by atomic mass is 10.7. The number of rotatable bonds is 3. The van der Waals surface area contributed by atoms with Crippen molar-refractivity contribution in [3.8, 4) is 0 Å². The predicted molar refractivity (Wildman–Crippen MR) is 35.0 cm³/mol. The Morgan fingerprint density at radius 1 is 1.75 bits per heavy atom. The van der Waals surface area contributed by atoms with Gasteiger partial charge < -0.3 is 4.74 Å². The molecule has 0 aliphatic rings. The van der Waals surface area contributed by atoms with Crippen LogP contribution in [0.2, 0.25) is 0 Å². The minimum atomic E-state index is -0.135. The third-order valence-corrected chi connectivity index (χ3v) is 1.00. The van der Waals surface area contributed by atoms with Crippen LogP contribution in [0.15, 0.2) is 0 Å². The lowest BCUT2D eigenvalue weighted by Crippen LogP contribution is -2.03. The van der Waals surface area contributed by atoms with Crippen molar-refractivity contribution in [2.45, 2.75) is 13.3 Å². The summed E-state index contributed by atoms with van der Waals surface area (Å²) in [6.45, 7) is 2.28. The molecule has 0 spiro atoms. The Balaban J connectivity index is 3.06. The van der Waals surface area contributed by atoms with Crippen molar-refractivity contribution in [1.82, 2.24) is 0 Å². The standard InChI is InChI=1S/C5H9BrO2/c1-2-8-5(7)3-4-6/h2-4H2,1H3/i5+1. The van der Waals surface area contributed by atoms with Gasteiger partial charge in [-0.15, -0.1) is 0 Å². The zero-order valence-electron chi connectivity index (χ0n) is 4.82. The molecule has 0 aromatic carbocycles. The van der Waals surface area contributed by atoms with Crippen molar-refractivity contribution >= 4 is 21.9 Å². The number of hydrogen-bond acceptors (Lipinski definition) is 2. The molecule has 48 valence electrons. The van der Waals surface area contributed by atoms with E-state index in [1.54, 1.807) is 6.92 Å². The smallest absolute Gasteiger partial charge is 0.306 e. The average Bonchev–Trinajstić information content (AvgIpc) is 1.68. The first kappa shape index (κ1) is 7.95. The molecule has 0 aliphatic carbocycles. The first-order valence-electron chi connectivity index (χ1n) is 2.52. The van der Waals surface area contributed by atoms with Gasteiger partial charge >= 0.3 is 5.97 Å². The number of halogens is 1. The van der Waals surface area contributed by atoms with Gasteiger partial charge in [-0.1, -0.05) is 15.9 Å². The number of hydrogen-bond donors (Lipinski definition) is 0. The van der Waals surface area contributed by atoms with Crippen LogP contribution < -0.4 is 0 Å². The topological polar surface area (TPSA) is 26.3 Å². The lowest BCUT2D eigenvalue weighted by molar-refractivity contribution is -0.142. The molecule has 0 fully saturated rings. The molecule has 0 bridgehead atoms. The molecule has 8 heavy (non-hydrogen) atoms. The third-order valence-electron chi connectivity index (χ3n) is 0.604. The predicted octanol–water partition coefficient (Wildman–Crippen LogP) is 1.33. The van der Waals surface area contributed by atoms with Crippen molar-refractivity contribution in [3.05, 3.63) is 0 Å². The van der Waals surface area contributed by atoms with Gasteiger partial charge in [0.25, 0.3) is 0 Å². The summed E-state index contributed by atoms with van der Waals surface area (Å²) in [6.07, 6.45) is 0.466. The van der Waals surface area contributed by atoms with Crippen LogP contribution in [-0.2, 0) is 9.53 Å². The number of alkyl halides is 1. The zero-order valence-corrected chi connectivity index (χ0v) is 6.40. The van der Waals surface area contributed by atoms with Gasteiger partial charge in [0.1, 0.15) is 0 Å². The molecule has 0 rings (SSSR count). The summed E-state index contributed by atoms with van der Waals surface area (Å²) >= 11 is 3.12. The maximum absolute atomic E-state index is 10.4. The van der Waals surface area contributed by atoms with E-state index in [0.717, 1.165) is 0 Å². The van der Waals surface area contributed by atoms with Gasteiger partial charge in [-0.05, 0) is 6.92 Å². The molecule has 0 heterocycles. The van der Waals surface area contributed by atoms with E-state index in [4.69, 9.17) is 0 Å². The van der Waals surface area contributed by atoms with E-state index in [2.05, 4.69) is 20.7 Å². The second kappa shape index (κ2) is 5.09. The SMILES string of the molecule is CCO[13C](=O)CCBr. The number of esters is 1. The van der Waals surface area contributed by atoms with Crippen LogP contribution in [0, 0.1) is 0 Å². The van der Waals surface area contributed by atoms with Gasteiger partial charge in [-0.25, -0.2) is 0 Å². The summed E-state index contributed by atoms with van der Waals surface area (Å²) in [6, 6.07) is 0. The molecule has 2 nitrogen and oxygen atoms in total. The molecular formula is C5H9BrO2. The first-order chi connectivity index (χ1) is 3.81. The maximum atomic E-state index is 10.4. The highest BCUT2D eigenvalue weighted by Gasteiger charge is 1.96. The summed E-state index contributed by atoms with van der Waals surface area (Å²) in [5.74, 6) is -0.135. The van der Waals surface area contributed by atoms with Crippen molar-refractivity contribution in [2.24, 2.45) is 0 Å². The van der Waals surface area contributed by atoms with E-state index in [-0.39, 0.29) is 5.97 Å². The second-order valence-corrected chi connectivity index (χ2v) is 2.04. The van der Waals surface area contributed by atoms with E-state index in [1.165, 1.54) is 0 Å². The van der Waals surface area contributed by atoms with Crippen LogP contribution in [0.5, 0.6) is 0 Å². The summed E-state index contributed by atoms with van der Waals surface area (Å²) < 4.78 is 4.61. The molecule has 0 amide bonds. The van der Waals surface area contributed by atoms with E-state index < -0.39 is 0 Å². The molecule has 0 aliphatic heterocycles. The van der Waals surface area contributed by atoms with E-state index >= 15 is 0 Å². The van der Waals surface area contributed by atoms with Crippen LogP contribution in [-0.4, -0.2) is 17.9 Å². The summed E-state index contributed by atoms with van der Waals surface area (Å²) in [7, 11) is 0. The third kappa shape index (κ3) is 4.12.